The minimum absolute atomic E-state index is 0.739. The van der Waals surface area contributed by atoms with E-state index in [9.17, 15) is 0 Å². The van der Waals surface area contributed by atoms with Crippen LogP contribution in [0.5, 0.6) is 0 Å². The number of hydrazone groups is 1. The molecule has 0 spiro atoms. The lowest BCUT2D eigenvalue weighted by atomic mass is 10.1. The lowest BCUT2D eigenvalue weighted by Crippen LogP contribution is -2.12. The highest BCUT2D eigenvalue weighted by Crippen LogP contribution is 2.14. The summed E-state index contributed by atoms with van der Waals surface area (Å²) in [7, 11) is 1.94. The molecule has 0 amide bonds. The van der Waals surface area contributed by atoms with E-state index < -0.39 is 0 Å². The van der Waals surface area contributed by atoms with Crippen LogP contribution in [-0.2, 0) is 0 Å². The fourth-order valence-electron chi connectivity index (χ4n) is 1.68. The summed E-state index contributed by atoms with van der Waals surface area (Å²) in [6.07, 6.45) is 0. The predicted molar refractivity (Wildman–Crippen MR) is 78.5 cm³/mol. The van der Waals surface area contributed by atoms with Crippen molar-refractivity contribution < 1.29 is 0 Å². The standard InChI is InChI=1S/C15H15ClN2/c1-12(13-8-10-14(16)11-9-13)17-18(2)15-6-4-3-5-7-15/h3-11H,1-2H3. The Morgan fingerprint density at radius 2 is 1.61 bits per heavy atom. The van der Waals surface area contributed by atoms with Gasteiger partial charge in [0.25, 0.3) is 0 Å². The first-order valence-electron chi connectivity index (χ1n) is 5.77. The quantitative estimate of drug-likeness (QED) is 0.595. The molecule has 0 bridgehead atoms. The Kier molecular flexibility index (Phi) is 4.00. The van der Waals surface area contributed by atoms with E-state index in [1.165, 1.54) is 0 Å². The fourth-order valence-corrected chi connectivity index (χ4v) is 1.80. The molecule has 0 heterocycles. The van der Waals surface area contributed by atoms with Crippen molar-refractivity contribution in [3.8, 4) is 0 Å². The van der Waals surface area contributed by atoms with Gasteiger partial charge < -0.3 is 0 Å². The van der Waals surface area contributed by atoms with Crippen LogP contribution in [0, 0.1) is 0 Å². The SMILES string of the molecule is CC(=NN(C)c1ccccc1)c1ccc(Cl)cc1. The predicted octanol–water partition coefficient (Wildman–Crippen LogP) is 4.20. The molecule has 0 aliphatic heterocycles. The zero-order chi connectivity index (χ0) is 13.0. The molecule has 0 unspecified atom stereocenters. The van der Waals surface area contributed by atoms with Crippen molar-refractivity contribution >= 4 is 23.0 Å². The zero-order valence-corrected chi connectivity index (χ0v) is 11.2. The second-order valence-electron chi connectivity index (χ2n) is 4.05. The molecule has 2 aromatic carbocycles. The Labute approximate surface area is 113 Å². The van der Waals surface area contributed by atoms with Crippen molar-refractivity contribution in [2.24, 2.45) is 5.10 Å². The molecule has 0 radical (unpaired) electrons. The molecule has 0 atom stereocenters. The van der Waals surface area contributed by atoms with Crippen LogP contribution in [0.3, 0.4) is 0 Å². The molecule has 2 nitrogen and oxygen atoms in total. The molecule has 0 saturated heterocycles. The molecule has 2 aromatic rings. The van der Waals surface area contributed by atoms with E-state index >= 15 is 0 Å². The summed E-state index contributed by atoms with van der Waals surface area (Å²) in [6.45, 7) is 1.99. The second-order valence-corrected chi connectivity index (χ2v) is 4.49. The van der Waals surface area contributed by atoms with Crippen molar-refractivity contribution in [2.45, 2.75) is 6.92 Å². The maximum Gasteiger partial charge on any atom is 0.0650 e. The van der Waals surface area contributed by atoms with Crippen molar-refractivity contribution in [3.05, 3.63) is 65.2 Å². The number of para-hydroxylation sites is 1. The summed E-state index contributed by atoms with van der Waals surface area (Å²) in [5, 5.41) is 7.16. The maximum absolute atomic E-state index is 5.87. The Bertz CT molecular complexity index is 532. The largest absolute Gasteiger partial charge is 0.268 e. The van der Waals surface area contributed by atoms with Crippen LogP contribution in [0.15, 0.2) is 59.7 Å². The average Bonchev–Trinajstić information content (AvgIpc) is 2.40. The Hall–Kier alpha value is -1.80. The van der Waals surface area contributed by atoms with Gasteiger partial charge in [0.2, 0.25) is 0 Å². The number of halogens is 1. The van der Waals surface area contributed by atoms with Crippen molar-refractivity contribution in [1.29, 1.82) is 0 Å². The van der Waals surface area contributed by atoms with Gasteiger partial charge in [0.1, 0.15) is 0 Å². The summed E-state index contributed by atoms with van der Waals surface area (Å²) < 4.78 is 0. The molecule has 3 heteroatoms. The fraction of sp³-hybridized carbons (Fsp3) is 0.133. The van der Waals surface area contributed by atoms with E-state index in [0.29, 0.717) is 0 Å². The number of benzene rings is 2. The van der Waals surface area contributed by atoms with Gasteiger partial charge in [0.15, 0.2) is 0 Å². The van der Waals surface area contributed by atoms with Gasteiger partial charge in [-0.25, -0.2) is 0 Å². The number of hydrogen-bond acceptors (Lipinski definition) is 2. The van der Waals surface area contributed by atoms with Crippen LogP contribution in [-0.4, -0.2) is 12.8 Å². The number of rotatable bonds is 3. The third kappa shape index (κ3) is 3.11. The second kappa shape index (κ2) is 5.69. The van der Waals surface area contributed by atoms with Crippen LogP contribution in [0.1, 0.15) is 12.5 Å². The van der Waals surface area contributed by atoms with Crippen molar-refractivity contribution in [3.63, 3.8) is 0 Å². The van der Waals surface area contributed by atoms with Gasteiger partial charge in [-0.1, -0.05) is 41.9 Å². The number of anilines is 1. The molecule has 18 heavy (non-hydrogen) atoms. The van der Waals surface area contributed by atoms with Crippen LogP contribution >= 0.6 is 11.6 Å². The van der Waals surface area contributed by atoms with E-state index in [-0.39, 0.29) is 0 Å². The minimum Gasteiger partial charge on any atom is -0.268 e. The Balaban J connectivity index is 2.20. The first-order valence-corrected chi connectivity index (χ1v) is 6.14. The highest BCUT2D eigenvalue weighted by atomic mass is 35.5. The highest BCUT2D eigenvalue weighted by Gasteiger charge is 2.01. The Morgan fingerprint density at radius 1 is 1.00 bits per heavy atom. The first kappa shape index (κ1) is 12.7. The van der Waals surface area contributed by atoms with Crippen molar-refractivity contribution in [1.82, 2.24) is 0 Å². The summed E-state index contributed by atoms with van der Waals surface area (Å²) in [6, 6.07) is 17.7. The molecule has 0 saturated carbocycles. The number of hydrogen-bond donors (Lipinski definition) is 0. The van der Waals surface area contributed by atoms with Gasteiger partial charge in [-0.15, -0.1) is 0 Å². The lowest BCUT2D eigenvalue weighted by Gasteiger charge is -2.14. The molecule has 0 N–H and O–H groups in total. The summed E-state index contributed by atoms with van der Waals surface area (Å²) in [5.41, 5.74) is 3.09. The van der Waals surface area contributed by atoms with Crippen LogP contribution in [0.4, 0.5) is 5.69 Å². The van der Waals surface area contributed by atoms with E-state index in [0.717, 1.165) is 22.0 Å². The minimum atomic E-state index is 0.739. The Morgan fingerprint density at radius 3 is 2.22 bits per heavy atom. The summed E-state index contributed by atoms with van der Waals surface area (Å²) >= 11 is 5.87. The zero-order valence-electron chi connectivity index (χ0n) is 10.5. The monoisotopic (exact) mass is 258 g/mol. The number of nitrogens with zero attached hydrogens (tertiary/aromatic N) is 2. The first-order chi connectivity index (χ1) is 8.66. The van der Waals surface area contributed by atoms with Crippen molar-refractivity contribution in [2.75, 3.05) is 12.1 Å². The van der Waals surface area contributed by atoms with E-state index in [1.54, 1.807) is 0 Å². The van der Waals surface area contributed by atoms with Gasteiger partial charge >= 0.3 is 0 Å². The average molecular weight is 259 g/mol. The molecule has 0 aromatic heterocycles. The summed E-state index contributed by atoms with van der Waals surface area (Å²) in [5.74, 6) is 0. The normalized spacial score (nSPS) is 11.4. The van der Waals surface area contributed by atoms with Crippen LogP contribution in [0.25, 0.3) is 0 Å². The molecule has 92 valence electrons. The van der Waals surface area contributed by atoms with E-state index in [4.69, 9.17) is 11.6 Å². The summed E-state index contributed by atoms with van der Waals surface area (Å²) in [4.78, 5) is 0. The molecule has 0 aliphatic rings. The lowest BCUT2D eigenvalue weighted by molar-refractivity contribution is 1.01. The van der Waals surface area contributed by atoms with Crippen LogP contribution < -0.4 is 5.01 Å². The van der Waals surface area contributed by atoms with Gasteiger partial charge in [0.05, 0.1) is 11.4 Å². The van der Waals surface area contributed by atoms with Gasteiger partial charge in [0, 0.05) is 12.1 Å². The third-order valence-corrected chi connectivity index (χ3v) is 2.94. The third-order valence-electron chi connectivity index (χ3n) is 2.69. The van der Waals surface area contributed by atoms with E-state index in [1.807, 2.05) is 73.6 Å². The van der Waals surface area contributed by atoms with Gasteiger partial charge in [-0.2, -0.15) is 5.10 Å². The molecular formula is C15H15ClN2. The van der Waals surface area contributed by atoms with Gasteiger partial charge in [-0.3, -0.25) is 5.01 Å². The van der Waals surface area contributed by atoms with Gasteiger partial charge in [-0.05, 0) is 36.8 Å². The topological polar surface area (TPSA) is 15.6 Å². The maximum atomic E-state index is 5.87. The van der Waals surface area contributed by atoms with Crippen LogP contribution in [0.2, 0.25) is 5.02 Å². The van der Waals surface area contributed by atoms with E-state index in [2.05, 4.69) is 5.10 Å². The molecule has 0 fully saturated rings. The molecular weight excluding hydrogens is 244 g/mol. The molecule has 0 aliphatic carbocycles. The highest BCUT2D eigenvalue weighted by molar-refractivity contribution is 6.30. The smallest absolute Gasteiger partial charge is 0.0650 e. The molecule has 2 rings (SSSR count).